The van der Waals surface area contributed by atoms with E-state index in [1.54, 1.807) is 18.0 Å². The summed E-state index contributed by atoms with van der Waals surface area (Å²) in [5, 5.41) is 2.90. The van der Waals surface area contributed by atoms with Crippen LogP contribution in [0.15, 0.2) is 18.2 Å². The Labute approximate surface area is 106 Å². The van der Waals surface area contributed by atoms with Gasteiger partial charge in [-0.05, 0) is 36.6 Å². The predicted octanol–water partition coefficient (Wildman–Crippen LogP) is 0.999. The fraction of sp³-hybridized carbons (Fsp3) is 0.462. The van der Waals surface area contributed by atoms with Crippen molar-refractivity contribution in [3.63, 3.8) is 0 Å². The number of carbonyl (C=O) groups excluding carboxylic acids is 1. The Hall–Kier alpha value is -1.62. The molecule has 1 aromatic rings. The average Bonchev–Trinajstić information content (AvgIpc) is 3.11. The number of likely N-dealkylation sites (N-methyl/N-ethyl adjacent to an activating group) is 1. The van der Waals surface area contributed by atoms with Gasteiger partial charge < -0.3 is 16.0 Å². The molecule has 0 bridgehead atoms. The molecule has 98 valence electrons. The lowest BCUT2D eigenvalue weighted by molar-refractivity contribution is -0.119. The minimum atomic E-state index is -0.331. The van der Waals surface area contributed by atoms with Crippen LogP contribution in [0.2, 0.25) is 0 Å². The highest BCUT2D eigenvalue weighted by Gasteiger charge is 2.23. The third-order valence-corrected chi connectivity index (χ3v) is 2.94. The van der Waals surface area contributed by atoms with Gasteiger partial charge in [-0.3, -0.25) is 4.79 Å². The number of halogens is 1. The van der Waals surface area contributed by atoms with E-state index in [0.29, 0.717) is 11.7 Å². The number of nitrogens with zero attached hydrogens (tertiary/aromatic N) is 1. The number of carbonyl (C=O) groups is 1. The first-order chi connectivity index (χ1) is 8.58. The molecule has 1 aromatic carbocycles. The number of amides is 1. The predicted molar refractivity (Wildman–Crippen MR) is 68.7 cm³/mol. The van der Waals surface area contributed by atoms with Crippen molar-refractivity contribution in [2.45, 2.75) is 25.4 Å². The summed E-state index contributed by atoms with van der Waals surface area (Å²) in [6.07, 6.45) is 2.12. The molecule has 1 saturated carbocycles. The van der Waals surface area contributed by atoms with Gasteiger partial charge in [-0.15, -0.1) is 0 Å². The van der Waals surface area contributed by atoms with Gasteiger partial charge in [0, 0.05) is 25.3 Å². The average molecular weight is 251 g/mol. The zero-order valence-corrected chi connectivity index (χ0v) is 10.4. The number of rotatable bonds is 5. The first kappa shape index (κ1) is 12.8. The van der Waals surface area contributed by atoms with Crippen LogP contribution < -0.4 is 16.0 Å². The third-order valence-electron chi connectivity index (χ3n) is 2.94. The van der Waals surface area contributed by atoms with E-state index in [4.69, 9.17) is 5.73 Å². The van der Waals surface area contributed by atoms with Crippen molar-refractivity contribution in [1.82, 2.24) is 5.32 Å². The quantitative estimate of drug-likeness (QED) is 0.820. The Morgan fingerprint density at radius 2 is 2.22 bits per heavy atom. The molecular weight excluding hydrogens is 233 g/mol. The van der Waals surface area contributed by atoms with Crippen LogP contribution in [0.4, 0.5) is 10.1 Å². The molecule has 0 heterocycles. The second-order valence-corrected chi connectivity index (χ2v) is 4.72. The Balaban J connectivity index is 2.00. The van der Waals surface area contributed by atoms with E-state index < -0.39 is 0 Å². The Kier molecular flexibility index (Phi) is 3.81. The zero-order valence-electron chi connectivity index (χ0n) is 10.4. The smallest absolute Gasteiger partial charge is 0.239 e. The fourth-order valence-electron chi connectivity index (χ4n) is 1.78. The molecule has 18 heavy (non-hydrogen) atoms. The summed E-state index contributed by atoms with van der Waals surface area (Å²) in [6.45, 7) is 0.511. The number of nitrogens with two attached hydrogens (primary N) is 1. The lowest BCUT2D eigenvalue weighted by Crippen LogP contribution is -2.36. The van der Waals surface area contributed by atoms with Crippen molar-refractivity contribution in [2.75, 3.05) is 18.5 Å². The number of nitrogens with one attached hydrogen (secondary N) is 1. The Morgan fingerprint density at radius 3 is 2.83 bits per heavy atom. The first-order valence-electron chi connectivity index (χ1n) is 6.08. The number of anilines is 1. The van der Waals surface area contributed by atoms with Crippen LogP contribution in [0.1, 0.15) is 18.4 Å². The van der Waals surface area contributed by atoms with Crippen LogP contribution in [0, 0.1) is 5.82 Å². The van der Waals surface area contributed by atoms with Gasteiger partial charge in [0.15, 0.2) is 0 Å². The molecule has 1 amide bonds. The van der Waals surface area contributed by atoms with Crippen molar-refractivity contribution in [2.24, 2.45) is 5.73 Å². The van der Waals surface area contributed by atoms with Crippen LogP contribution in [0.3, 0.4) is 0 Å². The van der Waals surface area contributed by atoms with Crippen LogP contribution in [0.25, 0.3) is 0 Å². The number of hydrogen-bond donors (Lipinski definition) is 2. The van der Waals surface area contributed by atoms with Crippen molar-refractivity contribution in [3.8, 4) is 0 Å². The lowest BCUT2D eigenvalue weighted by atomic mass is 10.2. The minimum Gasteiger partial charge on any atom is -0.365 e. The molecule has 1 aliphatic rings. The molecule has 0 aromatic heterocycles. The summed E-state index contributed by atoms with van der Waals surface area (Å²) in [4.78, 5) is 13.4. The van der Waals surface area contributed by atoms with Crippen molar-refractivity contribution in [1.29, 1.82) is 0 Å². The maximum Gasteiger partial charge on any atom is 0.239 e. The van der Waals surface area contributed by atoms with E-state index in [1.807, 2.05) is 0 Å². The van der Waals surface area contributed by atoms with Gasteiger partial charge >= 0.3 is 0 Å². The number of benzene rings is 1. The van der Waals surface area contributed by atoms with Gasteiger partial charge in [0.2, 0.25) is 5.91 Å². The van der Waals surface area contributed by atoms with Crippen molar-refractivity contribution < 1.29 is 9.18 Å². The largest absolute Gasteiger partial charge is 0.365 e. The first-order valence-corrected chi connectivity index (χ1v) is 6.08. The maximum atomic E-state index is 13.3. The summed E-state index contributed by atoms with van der Waals surface area (Å²) < 4.78 is 13.3. The standard InChI is InChI=1S/C13H18FN3O/c1-17(8-13(18)16-11-2-3-11)12-5-9(7-15)4-10(14)6-12/h4-6,11H,2-3,7-8,15H2,1H3,(H,16,18). The molecule has 0 saturated heterocycles. The van der Waals surface area contributed by atoms with E-state index >= 15 is 0 Å². The zero-order chi connectivity index (χ0) is 13.1. The minimum absolute atomic E-state index is 0.0291. The SMILES string of the molecule is CN(CC(=O)NC1CC1)c1cc(F)cc(CN)c1. The molecule has 3 N–H and O–H groups in total. The highest BCUT2D eigenvalue weighted by Crippen LogP contribution is 2.19. The lowest BCUT2D eigenvalue weighted by Gasteiger charge is -2.19. The highest BCUT2D eigenvalue weighted by molar-refractivity contribution is 5.81. The van der Waals surface area contributed by atoms with E-state index in [2.05, 4.69) is 5.32 Å². The molecule has 2 rings (SSSR count). The van der Waals surface area contributed by atoms with Gasteiger partial charge in [0.1, 0.15) is 5.82 Å². The van der Waals surface area contributed by atoms with E-state index in [-0.39, 0.29) is 24.8 Å². The topological polar surface area (TPSA) is 58.4 Å². The molecule has 5 heteroatoms. The fourth-order valence-corrected chi connectivity index (χ4v) is 1.78. The molecule has 1 aliphatic carbocycles. The summed E-state index contributed by atoms with van der Waals surface area (Å²) in [6, 6.07) is 4.96. The molecular formula is C13H18FN3O. The van der Waals surface area contributed by atoms with Gasteiger partial charge in [-0.25, -0.2) is 4.39 Å². The molecule has 0 atom stereocenters. The summed E-state index contributed by atoms with van der Waals surface area (Å²) in [5.41, 5.74) is 6.89. The third kappa shape index (κ3) is 3.43. The second-order valence-electron chi connectivity index (χ2n) is 4.72. The normalized spacial score (nSPS) is 14.4. The molecule has 0 spiro atoms. The molecule has 4 nitrogen and oxygen atoms in total. The molecule has 0 aliphatic heterocycles. The monoisotopic (exact) mass is 251 g/mol. The van der Waals surface area contributed by atoms with E-state index in [1.165, 1.54) is 12.1 Å². The Bertz CT molecular complexity index is 446. The van der Waals surface area contributed by atoms with Crippen LogP contribution in [-0.4, -0.2) is 25.5 Å². The summed E-state index contributed by atoms with van der Waals surface area (Å²) >= 11 is 0. The number of hydrogen-bond acceptors (Lipinski definition) is 3. The van der Waals surface area contributed by atoms with Crippen molar-refractivity contribution in [3.05, 3.63) is 29.6 Å². The summed E-state index contributed by atoms with van der Waals surface area (Å²) in [5.74, 6) is -0.360. The molecule has 0 unspecified atom stereocenters. The van der Waals surface area contributed by atoms with Crippen LogP contribution in [-0.2, 0) is 11.3 Å². The molecule has 1 fully saturated rings. The van der Waals surface area contributed by atoms with Crippen LogP contribution in [0.5, 0.6) is 0 Å². The van der Waals surface area contributed by atoms with Gasteiger partial charge in [0.25, 0.3) is 0 Å². The van der Waals surface area contributed by atoms with E-state index in [9.17, 15) is 9.18 Å². The highest BCUT2D eigenvalue weighted by atomic mass is 19.1. The van der Waals surface area contributed by atoms with E-state index in [0.717, 1.165) is 18.4 Å². The van der Waals surface area contributed by atoms with Crippen molar-refractivity contribution >= 4 is 11.6 Å². The van der Waals surface area contributed by atoms with Gasteiger partial charge in [-0.2, -0.15) is 0 Å². The second kappa shape index (κ2) is 5.35. The summed E-state index contributed by atoms with van der Waals surface area (Å²) in [7, 11) is 1.77. The van der Waals surface area contributed by atoms with Gasteiger partial charge in [-0.1, -0.05) is 0 Å². The maximum absolute atomic E-state index is 13.3. The molecule has 0 radical (unpaired) electrons. The Morgan fingerprint density at radius 1 is 1.50 bits per heavy atom. The van der Waals surface area contributed by atoms with Crippen LogP contribution >= 0.6 is 0 Å². The van der Waals surface area contributed by atoms with Gasteiger partial charge in [0.05, 0.1) is 6.54 Å².